The number of carbonyl (C=O) groups is 3. The van der Waals surface area contributed by atoms with Gasteiger partial charge in [-0.2, -0.15) is 0 Å². The zero-order valence-corrected chi connectivity index (χ0v) is 25.0. The summed E-state index contributed by atoms with van der Waals surface area (Å²) >= 11 is 0. The summed E-state index contributed by atoms with van der Waals surface area (Å²) in [5.74, 6) is -1.18. The number of ketones is 2. The van der Waals surface area contributed by atoms with Crippen LogP contribution in [0.2, 0.25) is 0 Å². The number of rotatable bonds is 7. The van der Waals surface area contributed by atoms with E-state index in [0.717, 1.165) is 40.8 Å². The Morgan fingerprint density at radius 1 is 0.886 bits per heavy atom. The number of nitrogens with one attached hydrogen (secondary N) is 1. The lowest BCUT2D eigenvalue weighted by molar-refractivity contribution is -0.121. The maximum atomic E-state index is 15.0. The lowest BCUT2D eigenvalue weighted by Gasteiger charge is -2.39. The van der Waals surface area contributed by atoms with Crippen molar-refractivity contribution in [1.29, 1.82) is 0 Å². The van der Waals surface area contributed by atoms with E-state index in [1.165, 1.54) is 0 Å². The van der Waals surface area contributed by atoms with Crippen LogP contribution in [0.25, 0.3) is 5.57 Å². The predicted molar refractivity (Wildman–Crippen MR) is 172 cm³/mol. The van der Waals surface area contributed by atoms with Crippen LogP contribution in [0.5, 0.6) is 5.75 Å². The maximum absolute atomic E-state index is 15.0. The first-order valence-electron chi connectivity index (χ1n) is 15.2. The number of anilines is 2. The van der Waals surface area contributed by atoms with Crippen LogP contribution >= 0.6 is 0 Å². The number of hydrogen-bond acceptors (Lipinski definition) is 5. The van der Waals surface area contributed by atoms with Crippen molar-refractivity contribution in [3.63, 3.8) is 0 Å². The van der Waals surface area contributed by atoms with E-state index in [4.69, 9.17) is 4.74 Å². The van der Waals surface area contributed by atoms with Crippen molar-refractivity contribution < 1.29 is 19.1 Å². The van der Waals surface area contributed by atoms with Crippen LogP contribution in [0.4, 0.5) is 11.4 Å². The van der Waals surface area contributed by atoms with Crippen LogP contribution in [0.1, 0.15) is 57.7 Å². The molecule has 4 aromatic carbocycles. The largest absolute Gasteiger partial charge is 0.497 e. The first-order valence-corrected chi connectivity index (χ1v) is 15.2. The summed E-state index contributed by atoms with van der Waals surface area (Å²) < 4.78 is 5.47. The van der Waals surface area contributed by atoms with Crippen LogP contribution in [-0.4, -0.2) is 36.7 Å². The highest BCUT2D eigenvalue weighted by molar-refractivity contribution is 6.18. The van der Waals surface area contributed by atoms with Gasteiger partial charge in [0.2, 0.25) is 5.91 Å². The Bertz CT molecular complexity index is 1840. The normalized spacial score (nSPS) is 23.0. The fourth-order valence-electron chi connectivity index (χ4n) is 7.64. The second kappa shape index (κ2) is 10.6. The highest BCUT2D eigenvalue weighted by Gasteiger charge is 2.70. The zero-order valence-electron chi connectivity index (χ0n) is 25.0. The Morgan fingerprint density at radius 2 is 1.64 bits per heavy atom. The molecule has 4 atom stereocenters. The number of allylic oxidation sites excluding steroid dienone is 1. The number of carbonyl (C=O) groups excluding carboxylic acids is 3. The van der Waals surface area contributed by atoms with E-state index in [9.17, 15) is 9.59 Å². The average Bonchev–Trinajstić information content (AvgIpc) is 3.53. The minimum absolute atomic E-state index is 0.223. The molecule has 6 heteroatoms. The van der Waals surface area contributed by atoms with E-state index in [0.29, 0.717) is 22.6 Å². The van der Waals surface area contributed by atoms with Crippen molar-refractivity contribution in [3.05, 3.63) is 131 Å². The molecular weight excluding hydrogens is 548 g/mol. The molecule has 220 valence electrons. The zero-order chi connectivity index (χ0) is 30.6. The molecule has 7 rings (SSSR count). The van der Waals surface area contributed by atoms with Crippen molar-refractivity contribution in [2.24, 2.45) is 5.92 Å². The van der Waals surface area contributed by atoms with E-state index in [2.05, 4.69) is 18.3 Å². The summed E-state index contributed by atoms with van der Waals surface area (Å²) in [7, 11) is 1.56. The number of benzene rings is 4. The van der Waals surface area contributed by atoms with Crippen molar-refractivity contribution in [3.8, 4) is 5.75 Å². The Balaban J connectivity index is 1.51. The fraction of sp³-hybridized carbons (Fsp3) is 0.237. The Hall–Kier alpha value is -4.97. The van der Waals surface area contributed by atoms with Crippen LogP contribution < -0.4 is 15.0 Å². The van der Waals surface area contributed by atoms with Gasteiger partial charge in [-0.15, -0.1) is 0 Å². The second-order valence-electron chi connectivity index (χ2n) is 11.9. The number of nitrogens with zero attached hydrogens (tertiary/aromatic N) is 1. The average molecular weight is 583 g/mol. The van der Waals surface area contributed by atoms with Crippen molar-refractivity contribution in [1.82, 2.24) is 0 Å². The van der Waals surface area contributed by atoms with Crippen LogP contribution in [0.3, 0.4) is 0 Å². The number of Topliss-reactive ketones (excluding diaryl/α,β-unsaturated/α-hetero) is 2. The van der Waals surface area contributed by atoms with Crippen LogP contribution in [-0.2, 0) is 16.6 Å². The number of ether oxygens (including phenoxy) is 1. The minimum atomic E-state index is -1.34. The highest BCUT2D eigenvalue weighted by atomic mass is 16.5. The summed E-state index contributed by atoms with van der Waals surface area (Å²) in [4.78, 5) is 46.5. The van der Waals surface area contributed by atoms with Gasteiger partial charge in [0, 0.05) is 28.1 Å². The molecule has 1 amide bonds. The molecule has 1 spiro atoms. The maximum Gasteiger partial charge on any atom is 0.238 e. The molecule has 4 aromatic rings. The fourth-order valence-corrected chi connectivity index (χ4v) is 7.64. The van der Waals surface area contributed by atoms with Gasteiger partial charge in [0.25, 0.3) is 0 Å². The van der Waals surface area contributed by atoms with Crippen LogP contribution in [0, 0.1) is 5.92 Å². The lowest BCUT2D eigenvalue weighted by atomic mass is 9.64. The molecule has 0 aromatic heterocycles. The molecule has 0 radical (unpaired) electrons. The molecule has 1 saturated heterocycles. The predicted octanol–water partition coefficient (Wildman–Crippen LogP) is 6.89. The third kappa shape index (κ3) is 3.97. The number of hydrogen-bond donors (Lipinski definition) is 1. The molecule has 3 aliphatic heterocycles. The number of aryl methyl sites for hydroxylation is 1. The van der Waals surface area contributed by atoms with Gasteiger partial charge >= 0.3 is 0 Å². The summed E-state index contributed by atoms with van der Waals surface area (Å²) in [6, 6.07) is 28.7. The Morgan fingerprint density at radius 3 is 2.41 bits per heavy atom. The molecule has 0 bridgehead atoms. The minimum Gasteiger partial charge on any atom is -0.497 e. The molecule has 0 unspecified atom stereocenters. The van der Waals surface area contributed by atoms with Crippen molar-refractivity contribution in [2.75, 3.05) is 17.3 Å². The van der Waals surface area contributed by atoms with E-state index in [1.807, 2.05) is 84.6 Å². The molecule has 3 heterocycles. The van der Waals surface area contributed by atoms with E-state index >= 15 is 4.79 Å². The number of methoxy groups -OCH3 is 1. The van der Waals surface area contributed by atoms with E-state index in [1.54, 1.807) is 31.4 Å². The molecule has 1 fully saturated rings. The van der Waals surface area contributed by atoms with Crippen LogP contribution in [0.15, 0.2) is 103 Å². The van der Waals surface area contributed by atoms with E-state index < -0.39 is 23.4 Å². The lowest BCUT2D eigenvalue weighted by Crippen LogP contribution is -2.51. The standard InChI is InChI=1S/C38H34N2O4/c1-4-10-24-17-19-25(20-18-24)35(41)33-34(36(42)26-11-9-12-27(22-26)44-3)40-31-16-8-5-13-28(31)23(2)21-32(40)38(33)29-14-6-7-15-30(29)39-37(38)43/h5-9,11-22,32-34H,4,10H2,1-3H3,(H,39,43)/t32-,33+,34-,38+/m1/s1. The first-order chi connectivity index (χ1) is 21.4. The van der Waals surface area contributed by atoms with Gasteiger partial charge in [0.15, 0.2) is 11.6 Å². The van der Waals surface area contributed by atoms with E-state index in [-0.39, 0.29) is 17.5 Å². The third-order valence-electron chi connectivity index (χ3n) is 9.57. The monoisotopic (exact) mass is 582 g/mol. The second-order valence-corrected chi connectivity index (χ2v) is 11.9. The Kier molecular flexibility index (Phi) is 6.73. The molecule has 0 aliphatic carbocycles. The summed E-state index contributed by atoms with van der Waals surface area (Å²) in [6.45, 7) is 4.15. The molecule has 1 N–H and O–H groups in total. The third-order valence-corrected chi connectivity index (χ3v) is 9.57. The molecule has 0 saturated carbocycles. The smallest absolute Gasteiger partial charge is 0.238 e. The van der Waals surface area contributed by atoms with Gasteiger partial charge in [-0.05, 0) is 54.3 Å². The van der Waals surface area contributed by atoms with Gasteiger partial charge in [-0.3, -0.25) is 14.4 Å². The number of amides is 1. The van der Waals surface area contributed by atoms with Gasteiger partial charge in [-0.1, -0.05) is 92.2 Å². The molecular formula is C38H34N2O4. The topological polar surface area (TPSA) is 75.7 Å². The van der Waals surface area contributed by atoms with Gasteiger partial charge in [-0.25, -0.2) is 0 Å². The molecule has 3 aliphatic rings. The van der Waals surface area contributed by atoms with Gasteiger partial charge < -0.3 is 15.0 Å². The quantitative estimate of drug-likeness (QED) is 0.240. The molecule has 6 nitrogen and oxygen atoms in total. The van der Waals surface area contributed by atoms with Crippen molar-refractivity contribution >= 4 is 34.4 Å². The number of para-hydroxylation sites is 2. The highest BCUT2D eigenvalue weighted by Crippen LogP contribution is 2.58. The summed E-state index contributed by atoms with van der Waals surface area (Å²) in [6.07, 6.45) is 3.98. The Labute approximate surface area is 257 Å². The van der Waals surface area contributed by atoms with Gasteiger partial charge in [0.05, 0.1) is 19.1 Å². The summed E-state index contributed by atoms with van der Waals surface area (Å²) in [5, 5.41) is 3.10. The first kappa shape index (κ1) is 27.8. The van der Waals surface area contributed by atoms with Gasteiger partial charge in [0.1, 0.15) is 17.2 Å². The summed E-state index contributed by atoms with van der Waals surface area (Å²) in [5.41, 5.74) is 4.95. The number of fused-ring (bicyclic) bond motifs is 6. The van der Waals surface area contributed by atoms with Crippen molar-refractivity contribution in [2.45, 2.75) is 44.2 Å². The molecule has 44 heavy (non-hydrogen) atoms. The SMILES string of the molecule is CCCc1ccc(C(=O)[C@@H]2[C@H](C(=O)c3cccc(OC)c3)N3c4ccccc4C(C)=C[C@@H]3[C@]23C(=O)Nc2ccccc23)cc1.